The molecule has 0 aromatic carbocycles. The number of carbonyl (C=O) groups excluding carboxylic acids is 1. The fraction of sp³-hybridized carbons (Fsp3) is 0.667. The molecule has 3 rings (SSSR count). The normalized spacial score (nSPS) is 20.0. The van der Waals surface area contributed by atoms with Crippen molar-refractivity contribution in [2.45, 2.75) is 50.8 Å². The minimum absolute atomic E-state index is 0.0457. The number of H-pyrrole nitrogens is 1. The van der Waals surface area contributed by atoms with Crippen LogP contribution < -0.4 is 0 Å². The molecule has 0 unspecified atom stereocenters. The standard InChI is InChI=1S/C18H27N3O5S/c1-12-15(17(22)20-8-4-3-5-9-20)16(13(2)19-12)27(25,26)21-10-6-14(7-11-21)18(23)24/h14,19H,3-11H2,1-2H3,(H,23,24). The van der Waals surface area contributed by atoms with Gasteiger partial charge in [0.25, 0.3) is 5.91 Å². The number of sulfonamides is 1. The van der Waals surface area contributed by atoms with Crippen LogP contribution in [0.5, 0.6) is 0 Å². The molecule has 0 bridgehead atoms. The van der Waals surface area contributed by atoms with Crippen molar-refractivity contribution < 1.29 is 23.1 Å². The molecule has 0 radical (unpaired) electrons. The molecule has 150 valence electrons. The van der Waals surface area contributed by atoms with Crippen LogP contribution in [0.15, 0.2) is 4.90 Å². The summed E-state index contributed by atoms with van der Waals surface area (Å²) in [6.07, 6.45) is 3.51. The van der Waals surface area contributed by atoms with Gasteiger partial charge in [-0.2, -0.15) is 4.31 Å². The second-order valence-corrected chi connectivity index (χ2v) is 9.32. The fourth-order valence-electron chi connectivity index (χ4n) is 4.07. The molecular formula is C18H27N3O5S. The van der Waals surface area contributed by atoms with Crippen LogP contribution in [-0.4, -0.2) is 65.8 Å². The maximum absolute atomic E-state index is 13.3. The number of carbonyl (C=O) groups is 2. The van der Waals surface area contributed by atoms with Crippen LogP contribution in [0.1, 0.15) is 53.8 Å². The van der Waals surface area contributed by atoms with E-state index in [1.54, 1.807) is 18.7 Å². The molecule has 0 spiro atoms. The Labute approximate surface area is 159 Å². The first-order chi connectivity index (χ1) is 12.7. The molecule has 0 atom stereocenters. The lowest BCUT2D eigenvalue weighted by molar-refractivity contribution is -0.142. The Balaban J connectivity index is 1.92. The van der Waals surface area contributed by atoms with Gasteiger partial charge in [0.05, 0.1) is 11.5 Å². The van der Waals surface area contributed by atoms with Gasteiger partial charge >= 0.3 is 5.97 Å². The molecule has 1 amide bonds. The summed E-state index contributed by atoms with van der Waals surface area (Å²) in [4.78, 5) is 29.0. The molecule has 0 aliphatic carbocycles. The highest BCUT2D eigenvalue weighted by Crippen LogP contribution is 2.31. The third kappa shape index (κ3) is 3.75. The van der Waals surface area contributed by atoms with E-state index in [2.05, 4.69) is 4.98 Å². The van der Waals surface area contributed by atoms with Crippen molar-refractivity contribution in [3.05, 3.63) is 17.0 Å². The smallest absolute Gasteiger partial charge is 0.306 e. The number of carboxylic acids is 1. The van der Waals surface area contributed by atoms with E-state index in [-0.39, 0.29) is 42.3 Å². The topological polar surface area (TPSA) is 111 Å². The highest BCUT2D eigenvalue weighted by atomic mass is 32.2. The van der Waals surface area contributed by atoms with Crippen LogP contribution in [0, 0.1) is 19.8 Å². The SMILES string of the molecule is Cc1[nH]c(C)c(S(=O)(=O)N2CCC(C(=O)O)CC2)c1C(=O)N1CCCCC1. The summed E-state index contributed by atoms with van der Waals surface area (Å²) in [6, 6.07) is 0. The van der Waals surface area contributed by atoms with Crippen LogP contribution in [0.2, 0.25) is 0 Å². The maximum Gasteiger partial charge on any atom is 0.306 e. The monoisotopic (exact) mass is 397 g/mol. The van der Waals surface area contributed by atoms with Crippen molar-refractivity contribution in [3.63, 3.8) is 0 Å². The van der Waals surface area contributed by atoms with Gasteiger partial charge < -0.3 is 15.0 Å². The molecule has 1 aromatic rings. The van der Waals surface area contributed by atoms with Crippen LogP contribution >= 0.6 is 0 Å². The number of nitrogens with one attached hydrogen (secondary N) is 1. The molecule has 8 nitrogen and oxygen atoms in total. The number of aromatic nitrogens is 1. The number of nitrogens with zero attached hydrogens (tertiary/aromatic N) is 2. The fourth-order valence-corrected chi connectivity index (χ4v) is 5.95. The Morgan fingerprint density at radius 1 is 1.00 bits per heavy atom. The maximum atomic E-state index is 13.3. The molecule has 2 saturated heterocycles. The van der Waals surface area contributed by atoms with Gasteiger partial charge in [0.2, 0.25) is 10.0 Å². The number of aryl methyl sites for hydroxylation is 2. The summed E-state index contributed by atoms with van der Waals surface area (Å²) in [5, 5.41) is 9.13. The summed E-state index contributed by atoms with van der Waals surface area (Å²) in [6.45, 7) is 4.98. The largest absolute Gasteiger partial charge is 0.481 e. The second kappa shape index (κ2) is 7.63. The van der Waals surface area contributed by atoms with Gasteiger partial charge in [0.15, 0.2) is 0 Å². The summed E-state index contributed by atoms with van der Waals surface area (Å²) < 4.78 is 27.9. The molecule has 9 heteroatoms. The van der Waals surface area contributed by atoms with Gasteiger partial charge in [0, 0.05) is 37.6 Å². The van der Waals surface area contributed by atoms with Crippen LogP contribution in [0.3, 0.4) is 0 Å². The molecule has 2 fully saturated rings. The quantitative estimate of drug-likeness (QED) is 0.804. The first-order valence-electron chi connectivity index (χ1n) is 9.45. The number of rotatable bonds is 4. The number of likely N-dealkylation sites (tertiary alicyclic amines) is 1. The van der Waals surface area contributed by atoms with Gasteiger partial charge in [-0.05, 0) is 46.0 Å². The zero-order valence-corrected chi connectivity index (χ0v) is 16.6. The average molecular weight is 397 g/mol. The number of piperidine rings is 2. The van der Waals surface area contributed by atoms with Gasteiger partial charge in [-0.1, -0.05) is 0 Å². The number of aromatic amines is 1. The number of amides is 1. The Morgan fingerprint density at radius 2 is 1.59 bits per heavy atom. The Morgan fingerprint density at radius 3 is 2.15 bits per heavy atom. The lowest BCUT2D eigenvalue weighted by Crippen LogP contribution is -2.41. The molecule has 27 heavy (non-hydrogen) atoms. The van der Waals surface area contributed by atoms with Crippen molar-refractivity contribution in [3.8, 4) is 0 Å². The number of hydrogen-bond donors (Lipinski definition) is 2. The lowest BCUT2D eigenvalue weighted by atomic mass is 9.99. The van der Waals surface area contributed by atoms with Crippen molar-refractivity contribution in [1.29, 1.82) is 0 Å². The molecule has 2 N–H and O–H groups in total. The van der Waals surface area contributed by atoms with Gasteiger partial charge in [-0.3, -0.25) is 9.59 Å². The van der Waals surface area contributed by atoms with Crippen molar-refractivity contribution in [2.24, 2.45) is 5.92 Å². The molecular weight excluding hydrogens is 370 g/mol. The highest BCUT2D eigenvalue weighted by molar-refractivity contribution is 7.89. The minimum atomic E-state index is -3.87. The van der Waals surface area contributed by atoms with E-state index in [0.29, 0.717) is 24.5 Å². The minimum Gasteiger partial charge on any atom is -0.481 e. The number of aliphatic carboxylic acids is 1. The van der Waals surface area contributed by atoms with E-state index in [4.69, 9.17) is 5.11 Å². The predicted octanol–water partition coefficient (Wildman–Crippen LogP) is 1.74. The Bertz CT molecular complexity index is 831. The third-order valence-corrected chi connectivity index (χ3v) is 7.65. The summed E-state index contributed by atoms with van der Waals surface area (Å²) in [5.41, 5.74) is 1.24. The van der Waals surface area contributed by atoms with Gasteiger partial charge in [-0.15, -0.1) is 0 Å². The van der Waals surface area contributed by atoms with Crippen LogP contribution in [0.25, 0.3) is 0 Å². The first kappa shape index (κ1) is 19.9. The molecule has 0 saturated carbocycles. The predicted molar refractivity (Wildman–Crippen MR) is 99.1 cm³/mol. The molecule has 2 aliphatic rings. The van der Waals surface area contributed by atoms with Gasteiger partial charge in [-0.25, -0.2) is 8.42 Å². The van der Waals surface area contributed by atoms with E-state index in [0.717, 1.165) is 19.3 Å². The van der Waals surface area contributed by atoms with Crippen molar-refractivity contribution in [2.75, 3.05) is 26.2 Å². The second-order valence-electron chi connectivity index (χ2n) is 7.45. The summed E-state index contributed by atoms with van der Waals surface area (Å²) >= 11 is 0. The summed E-state index contributed by atoms with van der Waals surface area (Å²) in [5.74, 6) is -1.64. The van der Waals surface area contributed by atoms with E-state index in [1.807, 2.05) is 0 Å². The third-order valence-electron chi connectivity index (χ3n) is 5.58. The van der Waals surface area contributed by atoms with Crippen LogP contribution in [0.4, 0.5) is 0 Å². The average Bonchev–Trinajstić information content (AvgIpc) is 2.96. The summed E-state index contributed by atoms with van der Waals surface area (Å²) in [7, 11) is -3.87. The molecule has 3 heterocycles. The lowest BCUT2D eigenvalue weighted by Gasteiger charge is -2.30. The number of carboxylic acid groups (broad SMARTS) is 1. The zero-order valence-electron chi connectivity index (χ0n) is 15.8. The first-order valence-corrected chi connectivity index (χ1v) is 10.9. The molecule has 2 aliphatic heterocycles. The number of hydrogen-bond acceptors (Lipinski definition) is 4. The highest BCUT2D eigenvalue weighted by Gasteiger charge is 2.38. The van der Waals surface area contributed by atoms with Crippen molar-refractivity contribution in [1.82, 2.24) is 14.2 Å². The van der Waals surface area contributed by atoms with Crippen LogP contribution in [-0.2, 0) is 14.8 Å². The van der Waals surface area contributed by atoms with E-state index in [9.17, 15) is 18.0 Å². The molecule has 1 aromatic heterocycles. The van der Waals surface area contributed by atoms with Gasteiger partial charge in [0.1, 0.15) is 4.90 Å². The Hall–Kier alpha value is -1.87. The zero-order chi connectivity index (χ0) is 19.8. The Kier molecular flexibility index (Phi) is 5.62. The van der Waals surface area contributed by atoms with E-state index < -0.39 is 21.9 Å². The van der Waals surface area contributed by atoms with E-state index in [1.165, 1.54) is 4.31 Å². The van der Waals surface area contributed by atoms with E-state index >= 15 is 0 Å². The van der Waals surface area contributed by atoms with Crippen molar-refractivity contribution >= 4 is 21.9 Å².